The minimum Gasteiger partial charge on any atom is -0.506 e. The van der Waals surface area contributed by atoms with Crippen LogP contribution in [0.4, 0.5) is 17.1 Å². The van der Waals surface area contributed by atoms with E-state index in [1.54, 1.807) is 43.3 Å². The number of nitrogens with two attached hydrogens (primary N) is 2. The number of hydrogen-bond acceptors (Lipinski definition) is 8. The summed E-state index contributed by atoms with van der Waals surface area (Å²) in [5.41, 5.74) is 14.6. The zero-order valence-corrected chi connectivity index (χ0v) is 21.3. The maximum absolute atomic E-state index is 12.4. The molecule has 2 amide bonds. The molecule has 6 N–H and O–H groups in total. The first kappa shape index (κ1) is 28.4. The number of aromatic hydroxyl groups is 1. The van der Waals surface area contributed by atoms with Crippen molar-refractivity contribution in [3.05, 3.63) is 59.7 Å². The van der Waals surface area contributed by atoms with Gasteiger partial charge in [-0.3, -0.25) is 19.7 Å². The molecule has 4 rings (SSSR count). The third kappa shape index (κ3) is 6.24. The standard InChI is InChI=1S/C15H14N2O2.C10H16N2O.C2H6O2/c1-2-8-17-14(18)10-5-3-4-9-12(16)7-6-11(13(9)10)15(17)19;1-3-12(4-2)8-5-6-9(11)10(13)7-8;1-2-4-3/h3-7H,2,8,16H2,1H3;5-7,13H,3-4,11H2,1-2H3;3H,2H2,1H3. The van der Waals surface area contributed by atoms with Crippen molar-refractivity contribution in [3.8, 4) is 5.75 Å². The van der Waals surface area contributed by atoms with Crippen molar-refractivity contribution >= 4 is 39.6 Å². The summed E-state index contributed by atoms with van der Waals surface area (Å²) in [7, 11) is 0. The number of benzene rings is 3. The highest BCUT2D eigenvalue weighted by molar-refractivity contribution is 6.26. The van der Waals surface area contributed by atoms with Crippen molar-refractivity contribution < 1.29 is 24.8 Å². The summed E-state index contributed by atoms with van der Waals surface area (Å²) >= 11 is 0. The fourth-order valence-electron chi connectivity index (χ4n) is 3.91. The van der Waals surface area contributed by atoms with E-state index in [9.17, 15) is 14.7 Å². The van der Waals surface area contributed by atoms with Crippen LogP contribution in [-0.2, 0) is 4.89 Å². The summed E-state index contributed by atoms with van der Waals surface area (Å²) in [5, 5.41) is 18.2. The van der Waals surface area contributed by atoms with Gasteiger partial charge in [0.1, 0.15) is 5.75 Å². The van der Waals surface area contributed by atoms with Crippen LogP contribution in [0.25, 0.3) is 10.8 Å². The molecule has 0 aromatic heterocycles. The molecule has 3 aromatic rings. The topological polar surface area (TPSA) is 142 Å². The highest BCUT2D eigenvalue weighted by Gasteiger charge is 2.32. The van der Waals surface area contributed by atoms with Gasteiger partial charge in [0.2, 0.25) is 0 Å². The summed E-state index contributed by atoms with van der Waals surface area (Å²) in [4.78, 5) is 31.8. The number of hydrogen-bond donors (Lipinski definition) is 4. The van der Waals surface area contributed by atoms with Gasteiger partial charge in [-0.05, 0) is 57.5 Å². The number of phenols is 1. The number of nitrogen functional groups attached to an aromatic ring is 2. The Morgan fingerprint density at radius 2 is 1.47 bits per heavy atom. The smallest absolute Gasteiger partial charge is 0.261 e. The number of carbonyl (C=O) groups is 2. The molecule has 3 aromatic carbocycles. The normalized spacial score (nSPS) is 12.0. The molecule has 9 nitrogen and oxygen atoms in total. The van der Waals surface area contributed by atoms with E-state index in [1.807, 2.05) is 19.1 Å². The summed E-state index contributed by atoms with van der Waals surface area (Å²) in [6.45, 7) is 10.5. The molecular weight excluding hydrogens is 460 g/mol. The molecular formula is C27H36N4O5. The van der Waals surface area contributed by atoms with Crippen LogP contribution in [0.15, 0.2) is 48.5 Å². The highest BCUT2D eigenvalue weighted by Crippen LogP contribution is 2.33. The molecule has 194 valence electrons. The molecule has 0 atom stereocenters. The molecule has 0 saturated heterocycles. The molecule has 1 aliphatic heterocycles. The zero-order chi connectivity index (χ0) is 26.8. The first-order valence-corrected chi connectivity index (χ1v) is 12.0. The van der Waals surface area contributed by atoms with Gasteiger partial charge in [-0.2, -0.15) is 0 Å². The Labute approximate surface area is 211 Å². The van der Waals surface area contributed by atoms with Crippen LogP contribution in [0.2, 0.25) is 0 Å². The Hall–Kier alpha value is -3.82. The largest absolute Gasteiger partial charge is 0.506 e. The van der Waals surface area contributed by atoms with E-state index in [4.69, 9.17) is 16.7 Å². The molecule has 0 spiro atoms. The highest BCUT2D eigenvalue weighted by atomic mass is 17.1. The van der Waals surface area contributed by atoms with E-state index >= 15 is 0 Å². The maximum Gasteiger partial charge on any atom is 0.261 e. The van der Waals surface area contributed by atoms with E-state index in [2.05, 4.69) is 23.6 Å². The van der Waals surface area contributed by atoms with E-state index in [-0.39, 0.29) is 17.6 Å². The summed E-state index contributed by atoms with van der Waals surface area (Å²) in [5.74, 6) is -0.296. The number of imide groups is 1. The molecule has 0 aliphatic carbocycles. The Balaban J connectivity index is 0.000000234. The van der Waals surface area contributed by atoms with Gasteiger partial charge in [-0.25, -0.2) is 4.89 Å². The number of carbonyl (C=O) groups excluding carboxylic acids is 2. The number of anilines is 3. The van der Waals surface area contributed by atoms with Gasteiger partial charge in [0.05, 0.1) is 12.3 Å². The van der Waals surface area contributed by atoms with Gasteiger partial charge in [-0.15, -0.1) is 0 Å². The second kappa shape index (κ2) is 13.3. The average Bonchev–Trinajstić information content (AvgIpc) is 2.89. The van der Waals surface area contributed by atoms with Crippen LogP contribution < -0.4 is 16.4 Å². The van der Waals surface area contributed by atoms with Crippen molar-refractivity contribution in [1.82, 2.24) is 4.90 Å². The van der Waals surface area contributed by atoms with Crippen molar-refractivity contribution in [3.63, 3.8) is 0 Å². The quantitative estimate of drug-likeness (QED) is 0.126. The fourth-order valence-corrected chi connectivity index (χ4v) is 3.91. The number of rotatable bonds is 6. The Kier molecular flexibility index (Phi) is 10.5. The van der Waals surface area contributed by atoms with E-state index in [0.717, 1.165) is 30.6 Å². The van der Waals surface area contributed by atoms with Crippen molar-refractivity contribution in [2.24, 2.45) is 0 Å². The SMILES string of the molecule is CCCN1C(=O)c2cccc3c(N)ccc(c23)C1=O.CCN(CC)c1ccc(N)c(O)c1.CCOO. The molecule has 0 unspecified atom stereocenters. The molecule has 36 heavy (non-hydrogen) atoms. The predicted molar refractivity (Wildman–Crippen MR) is 144 cm³/mol. The van der Waals surface area contributed by atoms with Gasteiger partial charge >= 0.3 is 0 Å². The van der Waals surface area contributed by atoms with E-state index < -0.39 is 0 Å². The van der Waals surface area contributed by atoms with Gasteiger partial charge < -0.3 is 21.5 Å². The lowest BCUT2D eigenvalue weighted by atomic mass is 9.93. The fraction of sp³-hybridized carbons (Fsp3) is 0.333. The monoisotopic (exact) mass is 496 g/mol. The molecule has 9 heteroatoms. The molecule has 0 saturated carbocycles. The number of nitrogens with zero attached hydrogens (tertiary/aromatic N) is 2. The van der Waals surface area contributed by atoms with Gasteiger partial charge in [0.25, 0.3) is 11.8 Å². The number of phenolic OH excluding ortho intramolecular Hbond substituents is 1. The van der Waals surface area contributed by atoms with Crippen LogP contribution >= 0.6 is 0 Å². The lowest BCUT2D eigenvalue weighted by Crippen LogP contribution is -2.40. The Morgan fingerprint density at radius 1 is 0.889 bits per heavy atom. The molecule has 0 bridgehead atoms. The van der Waals surface area contributed by atoms with E-state index in [0.29, 0.717) is 41.0 Å². The summed E-state index contributed by atoms with van der Waals surface area (Å²) < 4.78 is 0. The van der Waals surface area contributed by atoms with Crippen LogP contribution in [0.5, 0.6) is 5.75 Å². The van der Waals surface area contributed by atoms with Gasteiger partial charge in [0.15, 0.2) is 0 Å². The zero-order valence-electron chi connectivity index (χ0n) is 21.3. The summed E-state index contributed by atoms with van der Waals surface area (Å²) in [6, 6.07) is 14.2. The second-order valence-corrected chi connectivity index (χ2v) is 8.03. The number of amides is 2. The van der Waals surface area contributed by atoms with Crippen LogP contribution in [0.1, 0.15) is 54.8 Å². The van der Waals surface area contributed by atoms with Crippen LogP contribution in [-0.4, -0.2) is 53.3 Å². The second-order valence-electron chi connectivity index (χ2n) is 8.03. The van der Waals surface area contributed by atoms with Gasteiger partial charge in [-0.1, -0.05) is 19.1 Å². The minimum absolute atomic E-state index is 0.157. The van der Waals surface area contributed by atoms with Crippen LogP contribution in [0, 0.1) is 0 Å². The third-order valence-electron chi connectivity index (χ3n) is 5.74. The molecule has 0 radical (unpaired) electrons. The van der Waals surface area contributed by atoms with Crippen LogP contribution in [0.3, 0.4) is 0 Å². The minimum atomic E-state index is -0.226. The lowest BCUT2D eigenvalue weighted by molar-refractivity contribution is -0.237. The van der Waals surface area contributed by atoms with Crippen molar-refractivity contribution in [2.75, 3.05) is 42.6 Å². The third-order valence-corrected chi connectivity index (χ3v) is 5.74. The molecule has 1 aliphatic rings. The van der Waals surface area contributed by atoms with Crippen molar-refractivity contribution in [1.29, 1.82) is 0 Å². The Bertz CT molecular complexity index is 1170. The molecule has 1 heterocycles. The predicted octanol–water partition coefficient (Wildman–Crippen LogP) is 4.74. The Morgan fingerprint density at radius 3 is 2.00 bits per heavy atom. The first-order chi connectivity index (χ1) is 17.2. The first-order valence-electron chi connectivity index (χ1n) is 12.0. The molecule has 0 fully saturated rings. The maximum atomic E-state index is 12.4. The van der Waals surface area contributed by atoms with E-state index in [1.165, 1.54) is 4.90 Å². The lowest BCUT2D eigenvalue weighted by Gasteiger charge is -2.27. The average molecular weight is 497 g/mol. The van der Waals surface area contributed by atoms with Crippen molar-refractivity contribution in [2.45, 2.75) is 34.1 Å². The van der Waals surface area contributed by atoms with Gasteiger partial charge in [0, 0.05) is 59.0 Å². The summed E-state index contributed by atoms with van der Waals surface area (Å²) in [6.07, 6.45) is 0.748.